The summed E-state index contributed by atoms with van der Waals surface area (Å²) in [6.07, 6.45) is 3.59. The van der Waals surface area contributed by atoms with Gasteiger partial charge in [0, 0.05) is 37.3 Å². The van der Waals surface area contributed by atoms with Crippen LogP contribution in [0.4, 0.5) is 0 Å². The van der Waals surface area contributed by atoms with Gasteiger partial charge in [-0.1, -0.05) is 0 Å². The molecule has 2 aromatic heterocycles. The Morgan fingerprint density at radius 1 is 1.48 bits per heavy atom. The SMILES string of the molecule is O=C(O)CC1CCN(C(=O)c2cnc3sccn3c2=O)C1. The maximum atomic E-state index is 12.4. The zero-order valence-electron chi connectivity index (χ0n) is 11.1. The Morgan fingerprint density at radius 2 is 2.29 bits per heavy atom. The van der Waals surface area contributed by atoms with Crippen molar-refractivity contribution >= 4 is 28.2 Å². The third-order valence-electron chi connectivity index (χ3n) is 3.61. The minimum absolute atomic E-state index is 0.0295. The molecule has 1 aliphatic heterocycles. The molecular weight excluding hydrogens is 294 g/mol. The first-order valence-electron chi connectivity index (χ1n) is 6.52. The highest BCUT2D eigenvalue weighted by Crippen LogP contribution is 2.20. The molecule has 1 atom stereocenters. The van der Waals surface area contributed by atoms with Crippen LogP contribution in [0.2, 0.25) is 0 Å². The first-order valence-corrected chi connectivity index (χ1v) is 7.40. The summed E-state index contributed by atoms with van der Waals surface area (Å²) in [5, 5.41) is 10.5. The molecule has 2 aromatic rings. The van der Waals surface area contributed by atoms with Crippen LogP contribution in [0, 0.1) is 5.92 Å². The molecule has 1 unspecified atom stereocenters. The molecule has 0 aromatic carbocycles. The minimum atomic E-state index is -0.865. The smallest absolute Gasteiger partial charge is 0.303 e. The predicted octanol–water partition coefficient (Wildman–Crippen LogP) is 0.693. The fourth-order valence-electron chi connectivity index (χ4n) is 2.57. The summed E-state index contributed by atoms with van der Waals surface area (Å²) in [5.41, 5.74) is -0.352. The number of aliphatic carboxylic acids is 1. The topological polar surface area (TPSA) is 92.0 Å². The fraction of sp³-hybridized carbons (Fsp3) is 0.385. The van der Waals surface area contributed by atoms with Crippen molar-refractivity contribution in [1.29, 1.82) is 0 Å². The van der Waals surface area contributed by atoms with Crippen molar-refractivity contribution in [2.24, 2.45) is 5.92 Å². The summed E-state index contributed by atoms with van der Waals surface area (Å²) in [6, 6.07) is 0. The molecule has 1 amide bonds. The molecule has 0 aliphatic carbocycles. The molecule has 0 radical (unpaired) electrons. The second kappa shape index (κ2) is 5.28. The molecule has 1 saturated heterocycles. The average molecular weight is 307 g/mol. The van der Waals surface area contributed by atoms with Crippen LogP contribution in [0.5, 0.6) is 0 Å². The molecule has 1 N–H and O–H groups in total. The highest BCUT2D eigenvalue weighted by molar-refractivity contribution is 7.15. The second-order valence-corrected chi connectivity index (χ2v) is 5.91. The summed E-state index contributed by atoms with van der Waals surface area (Å²) in [6.45, 7) is 0.847. The maximum Gasteiger partial charge on any atom is 0.303 e. The number of carbonyl (C=O) groups excluding carboxylic acids is 1. The second-order valence-electron chi connectivity index (χ2n) is 5.04. The van der Waals surface area contributed by atoms with Crippen molar-refractivity contribution in [1.82, 2.24) is 14.3 Å². The zero-order valence-corrected chi connectivity index (χ0v) is 11.9. The average Bonchev–Trinajstić information content (AvgIpc) is 3.06. The van der Waals surface area contributed by atoms with Crippen LogP contribution >= 0.6 is 11.3 Å². The van der Waals surface area contributed by atoms with E-state index in [1.807, 2.05) is 0 Å². The number of hydrogen-bond donors (Lipinski definition) is 1. The molecule has 3 heterocycles. The lowest BCUT2D eigenvalue weighted by atomic mass is 10.1. The Morgan fingerprint density at radius 3 is 3.05 bits per heavy atom. The Balaban J connectivity index is 1.83. The number of aromatic nitrogens is 2. The van der Waals surface area contributed by atoms with Gasteiger partial charge in [0.15, 0.2) is 4.96 Å². The predicted molar refractivity (Wildman–Crippen MR) is 75.6 cm³/mol. The van der Waals surface area contributed by atoms with E-state index in [0.717, 1.165) is 0 Å². The third-order valence-corrected chi connectivity index (χ3v) is 4.38. The normalized spacial score (nSPS) is 18.3. The summed E-state index contributed by atoms with van der Waals surface area (Å²) < 4.78 is 1.35. The van der Waals surface area contributed by atoms with E-state index in [-0.39, 0.29) is 29.4 Å². The van der Waals surface area contributed by atoms with Crippen LogP contribution in [0.1, 0.15) is 23.2 Å². The van der Waals surface area contributed by atoms with Gasteiger partial charge in [0.1, 0.15) is 5.56 Å². The van der Waals surface area contributed by atoms with E-state index in [1.165, 1.54) is 26.8 Å². The summed E-state index contributed by atoms with van der Waals surface area (Å²) in [5.74, 6) is -1.29. The number of amides is 1. The number of likely N-dealkylation sites (tertiary alicyclic amines) is 1. The Labute approximate surface area is 123 Å². The van der Waals surface area contributed by atoms with Crippen LogP contribution in [0.15, 0.2) is 22.6 Å². The van der Waals surface area contributed by atoms with Crippen molar-refractivity contribution in [3.8, 4) is 0 Å². The number of nitrogens with zero attached hydrogens (tertiary/aromatic N) is 3. The van der Waals surface area contributed by atoms with Crippen molar-refractivity contribution in [3.05, 3.63) is 33.7 Å². The molecule has 0 saturated carbocycles. The van der Waals surface area contributed by atoms with Crippen LogP contribution in [0.25, 0.3) is 4.96 Å². The standard InChI is InChI=1S/C13H13N3O4S/c17-10(18)5-8-1-2-15(7-8)11(19)9-6-14-13-16(12(9)20)3-4-21-13/h3-4,6,8H,1-2,5,7H2,(H,17,18). The van der Waals surface area contributed by atoms with Crippen molar-refractivity contribution < 1.29 is 14.7 Å². The van der Waals surface area contributed by atoms with Gasteiger partial charge in [-0.2, -0.15) is 0 Å². The minimum Gasteiger partial charge on any atom is -0.481 e. The van der Waals surface area contributed by atoms with E-state index in [4.69, 9.17) is 5.11 Å². The quantitative estimate of drug-likeness (QED) is 0.901. The van der Waals surface area contributed by atoms with Gasteiger partial charge in [-0.3, -0.25) is 18.8 Å². The van der Waals surface area contributed by atoms with E-state index in [0.29, 0.717) is 24.5 Å². The Bertz CT molecular complexity index is 766. The van der Waals surface area contributed by atoms with Gasteiger partial charge in [0.2, 0.25) is 0 Å². The fourth-order valence-corrected chi connectivity index (χ4v) is 3.25. The highest BCUT2D eigenvalue weighted by Gasteiger charge is 2.29. The van der Waals surface area contributed by atoms with Crippen LogP contribution < -0.4 is 5.56 Å². The maximum absolute atomic E-state index is 12.4. The van der Waals surface area contributed by atoms with Gasteiger partial charge in [-0.15, -0.1) is 11.3 Å². The summed E-state index contributed by atoms with van der Waals surface area (Å²) in [4.78, 5) is 41.5. The lowest BCUT2D eigenvalue weighted by Crippen LogP contribution is -2.34. The molecule has 0 spiro atoms. The first-order chi connectivity index (χ1) is 10.1. The van der Waals surface area contributed by atoms with Crippen molar-refractivity contribution in [3.63, 3.8) is 0 Å². The van der Waals surface area contributed by atoms with Crippen LogP contribution in [-0.2, 0) is 4.79 Å². The largest absolute Gasteiger partial charge is 0.481 e. The van der Waals surface area contributed by atoms with Gasteiger partial charge < -0.3 is 10.0 Å². The molecule has 3 rings (SSSR count). The van der Waals surface area contributed by atoms with Gasteiger partial charge in [-0.05, 0) is 12.3 Å². The third kappa shape index (κ3) is 2.54. The molecule has 7 nitrogen and oxygen atoms in total. The van der Waals surface area contributed by atoms with Gasteiger partial charge in [0.25, 0.3) is 11.5 Å². The number of fused-ring (bicyclic) bond motifs is 1. The van der Waals surface area contributed by atoms with Crippen LogP contribution in [0.3, 0.4) is 0 Å². The van der Waals surface area contributed by atoms with E-state index in [1.54, 1.807) is 11.6 Å². The van der Waals surface area contributed by atoms with Gasteiger partial charge >= 0.3 is 5.97 Å². The van der Waals surface area contributed by atoms with E-state index in [2.05, 4.69) is 4.98 Å². The number of carbonyl (C=O) groups is 2. The van der Waals surface area contributed by atoms with Crippen LogP contribution in [-0.4, -0.2) is 44.4 Å². The molecule has 110 valence electrons. The molecule has 8 heteroatoms. The lowest BCUT2D eigenvalue weighted by molar-refractivity contribution is -0.138. The Kier molecular flexibility index (Phi) is 3.46. The Hall–Kier alpha value is -2.22. The number of carboxylic acid groups (broad SMARTS) is 1. The lowest BCUT2D eigenvalue weighted by Gasteiger charge is -2.15. The van der Waals surface area contributed by atoms with Crippen molar-refractivity contribution in [2.75, 3.05) is 13.1 Å². The highest BCUT2D eigenvalue weighted by atomic mass is 32.1. The van der Waals surface area contributed by atoms with E-state index in [9.17, 15) is 14.4 Å². The first kappa shape index (κ1) is 13.7. The number of hydrogen-bond acceptors (Lipinski definition) is 5. The van der Waals surface area contributed by atoms with Gasteiger partial charge in [0.05, 0.1) is 0 Å². The summed E-state index contributed by atoms with van der Waals surface area (Å²) in [7, 11) is 0. The monoisotopic (exact) mass is 307 g/mol. The van der Waals surface area contributed by atoms with Gasteiger partial charge in [-0.25, -0.2) is 4.98 Å². The zero-order chi connectivity index (χ0) is 15.0. The molecule has 1 fully saturated rings. The van der Waals surface area contributed by atoms with E-state index < -0.39 is 5.97 Å². The molecule has 21 heavy (non-hydrogen) atoms. The molecule has 1 aliphatic rings. The summed E-state index contributed by atoms with van der Waals surface area (Å²) >= 11 is 1.32. The molecule has 0 bridgehead atoms. The molecular formula is C13H13N3O4S. The number of thiazole rings is 1. The van der Waals surface area contributed by atoms with Crippen molar-refractivity contribution in [2.45, 2.75) is 12.8 Å². The number of rotatable bonds is 3. The van der Waals surface area contributed by atoms with E-state index >= 15 is 0 Å². The number of carboxylic acids is 1.